The maximum atomic E-state index is 9.31. The minimum atomic E-state index is -5.57. The van der Waals surface area contributed by atoms with Gasteiger partial charge >= 0.3 is 348 Å². The first-order valence-corrected chi connectivity index (χ1v) is 32.7. The van der Waals surface area contributed by atoms with Crippen LogP contribution >= 0.6 is 17.0 Å². The molecule has 4 heteroatoms. The molecule has 281 valence electrons. The van der Waals surface area contributed by atoms with Gasteiger partial charge in [-0.2, -0.15) is 0 Å². The SMILES string of the molecule is CCCC1=Cc2c(-c3ccccc3CC)cccc2[CH]1[Zr]([Cl])([Cl])([c]1cccc2c1[SiH2]c1ccccc1-2)[CH]1C(CCC)=Cc2c(-c3ccccc3CC)cccc21. The van der Waals surface area contributed by atoms with Crippen molar-refractivity contribution in [1.29, 1.82) is 0 Å². The van der Waals surface area contributed by atoms with E-state index in [-0.39, 0.29) is 7.25 Å². The Bertz CT molecular complexity index is 2450. The van der Waals surface area contributed by atoms with Crippen LogP contribution < -0.4 is 13.6 Å². The van der Waals surface area contributed by atoms with Crippen LogP contribution in [0.4, 0.5) is 0 Å². The number of benzene rings is 6. The van der Waals surface area contributed by atoms with Crippen LogP contribution in [0.3, 0.4) is 0 Å². The molecule has 0 N–H and O–H groups in total. The molecule has 0 spiro atoms. The first-order chi connectivity index (χ1) is 27.3. The summed E-state index contributed by atoms with van der Waals surface area (Å²) < 4.78 is 1.19. The van der Waals surface area contributed by atoms with Crippen molar-refractivity contribution >= 4 is 52.3 Å². The number of allylic oxidation sites excluding steroid dienone is 2. The maximum absolute atomic E-state index is 9.31. The molecular weight excluding hydrogens is 815 g/mol. The van der Waals surface area contributed by atoms with Crippen LogP contribution in [-0.2, 0) is 29.2 Å². The van der Waals surface area contributed by atoms with Crippen molar-refractivity contribution in [3.05, 3.63) is 172 Å². The summed E-state index contributed by atoms with van der Waals surface area (Å²) in [5.41, 5.74) is 18.9. The van der Waals surface area contributed by atoms with Crippen molar-refractivity contribution < 1.29 is 16.4 Å². The Labute approximate surface area is 344 Å². The molecule has 3 aliphatic rings. The summed E-state index contributed by atoms with van der Waals surface area (Å²) in [4.78, 5) is 0. The molecule has 1 aliphatic heterocycles. The van der Waals surface area contributed by atoms with Gasteiger partial charge in [0.05, 0.1) is 0 Å². The van der Waals surface area contributed by atoms with Crippen molar-refractivity contribution in [3.8, 4) is 33.4 Å². The zero-order valence-electron chi connectivity index (χ0n) is 33.1. The van der Waals surface area contributed by atoms with Crippen molar-refractivity contribution in [2.24, 2.45) is 0 Å². The molecule has 0 saturated heterocycles. The molecule has 1 heterocycles. The number of halogens is 2. The third-order valence-corrected chi connectivity index (χ3v) is 36.0. The van der Waals surface area contributed by atoms with Crippen LogP contribution in [0.5, 0.6) is 0 Å². The van der Waals surface area contributed by atoms with E-state index in [1.807, 2.05) is 0 Å². The number of fused-ring (bicyclic) bond motifs is 5. The first kappa shape index (κ1) is 38.0. The molecule has 0 bridgehead atoms. The van der Waals surface area contributed by atoms with E-state index >= 15 is 0 Å². The quantitative estimate of drug-likeness (QED) is 0.114. The van der Waals surface area contributed by atoms with Gasteiger partial charge < -0.3 is 0 Å². The van der Waals surface area contributed by atoms with E-state index < -0.39 is 25.9 Å². The molecule has 0 saturated carbocycles. The van der Waals surface area contributed by atoms with Crippen molar-refractivity contribution in [1.82, 2.24) is 0 Å². The molecule has 6 aromatic carbocycles. The van der Waals surface area contributed by atoms with Gasteiger partial charge in [0.15, 0.2) is 0 Å². The van der Waals surface area contributed by atoms with E-state index in [0.29, 0.717) is 0 Å². The van der Waals surface area contributed by atoms with E-state index in [2.05, 4.69) is 167 Å². The standard InChI is InChI=1S/2C20H21.C12H9Si.2ClH.Zr/c2*1-3-8-15-13-17-10-7-12-19(20(17)14-15)18-11-6-5-9-16(18)4-2;1-3-7-11-9(5-1)10-6-2-4-8-12(10)13-11;;;/h2*5-7,9-14H,3-4,8H2,1-2H3;1-7H,13H2;2*1H;/q;;;;;+2/p-2. The van der Waals surface area contributed by atoms with Crippen LogP contribution in [0, 0.1) is 0 Å². The van der Waals surface area contributed by atoms with Crippen LogP contribution in [0.15, 0.2) is 139 Å². The Morgan fingerprint density at radius 3 is 1.45 bits per heavy atom. The van der Waals surface area contributed by atoms with Gasteiger partial charge in [0.25, 0.3) is 0 Å². The topological polar surface area (TPSA) is 0 Å². The Morgan fingerprint density at radius 2 is 0.929 bits per heavy atom. The van der Waals surface area contributed by atoms with Gasteiger partial charge in [0.2, 0.25) is 0 Å². The summed E-state index contributed by atoms with van der Waals surface area (Å²) in [5, 5.41) is 2.99. The molecule has 56 heavy (non-hydrogen) atoms. The van der Waals surface area contributed by atoms with Crippen molar-refractivity contribution in [3.63, 3.8) is 0 Å². The number of rotatable bonds is 11. The van der Waals surface area contributed by atoms with Crippen LogP contribution in [0.25, 0.3) is 45.5 Å². The Kier molecular flexibility index (Phi) is 10.2. The number of hydrogen-bond donors (Lipinski definition) is 0. The third-order valence-electron chi connectivity index (χ3n) is 13.2. The summed E-state index contributed by atoms with van der Waals surface area (Å²) in [6.45, 7) is 9.16. The van der Waals surface area contributed by atoms with Gasteiger partial charge in [-0.15, -0.1) is 0 Å². The van der Waals surface area contributed by atoms with E-state index in [0.717, 1.165) is 38.5 Å². The van der Waals surface area contributed by atoms with Gasteiger partial charge in [-0.1, -0.05) is 0 Å². The molecule has 0 aromatic heterocycles. The minimum absolute atomic E-state index is 0.0598. The molecule has 2 unspecified atom stereocenters. The second kappa shape index (κ2) is 15.0. The van der Waals surface area contributed by atoms with Crippen molar-refractivity contribution in [2.45, 2.75) is 73.5 Å². The van der Waals surface area contributed by atoms with Crippen molar-refractivity contribution in [2.75, 3.05) is 0 Å². The van der Waals surface area contributed by atoms with Gasteiger partial charge in [0.1, 0.15) is 0 Å². The molecular formula is C52H51Cl2SiZr. The Hall–Kier alpha value is -3.52. The predicted molar refractivity (Wildman–Crippen MR) is 245 cm³/mol. The molecule has 2 aliphatic carbocycles. The van der Waals surface area contributed by atoms with E-state index in [4.69, 9.17) is 0 Å². The summed E-state index contributed by atoms with van der Waals surface area (Å²) in [6.07, 6.45) is 11.1. The Morgan fingerprint density at radius 1 is 0.482 bits per heavy atom. The average Bonchev–Trinajstić information content (AvgIpc) is 3.93. The molecule has 0 amide bonds. The third kappa shape index (κ3) is 5.84. The fourth-order valence-electron chi connectivity index (χ4n) is 10.9. The summed E-state index contributed by atoms with van der Waals surface area (Å²) >= 11 is -5.57. The predicted octanol–water partition coefficient (Wildman–Crippen LogP) is 12.7. The van der Waals surface area contributed by atoms with E-state index in [1.54, 1.807) is 0 Å². The zero-order chi connectivity index (χ0) is 38.6. The summed E-state index contributed by atoms with van der Waals surface area (Å²) in [7, 11) is 17.8. The Balaban J connectivity index is 1.37. The molecule has 0 fully saturated rings. The molecule has 0 nitrogen and oxygen atoms in total. The second-order valence-corrected chi connectivity index (χ2v) is 38.7. The monoisotopic (exact) mass is 863 g/mol. The zero-order valence-corrected chi connectivity index (χ0v) is 38.5. The molecule has 2 atom stereocenters. The van der Waals surface area contributed by atoms with Gasteiger partial charge in [-0.25, -0.2) is 0 Å². The van der Waals surface area contributed by atoms with Gasteiger partial charge in [-0.3, -0.25) is 0 Å². The molecule has 6 aromatic rings. The normalized spacial score (nSPS) is 17.8. The number of aryl methyl sites for hydroxylation is 2. The van der Waals surface area contributed by atoms with E-state index in [9.17, 15) is 17.0 Å². The summed E-state index contributed by atoms with van der Waals surface area (Å²) in [5.74, 6) is 0. The fraction of sp³-hybridized carbons (Fsp3) is 0.231. The fourth-order valence-corrected chi connectivity index (χ4v) is 38.9. The van der Waals surface area contributed by atoms with Gasteiger partial charge in [0, 0.05) is 0 Å². The summed E-state index contributed by atoms with van der Waals surface area (Å²) in [6, 6.07) is 48.0. The first-order valence-electron chi connectivity index (χ1n) is 20.9. The van der Waals surface area contributed by atoms with Gasteiger partial charge in [-0.05, 0) is 0 Å². The molecule has 0 radical (unpaired) electrons. The van der Waals surface area contributed by atoms with E-state index in [1.165, 1.54) is 91.6 Å². The molecule has 9 rings (SSSR count). The van der Waals surface area contributed by atoms with Crippen LogP contribution in [0.1, 0.15) is 94.0 Å². The van der Waals surface area contributed by atoms with Crippen LogP contribution in [0.2, 0.25) is 0 Å². The second-order valence-electron chi connectivity index (χ2n) is 16.3. The number of hydrogen-bond acceptors (Lipinski definition) is 0. The van der Waals surface area contributed by atoms with Crippen LogP contribution in [-0.4, -0.2) is 9.52 Å². The average molecular weight is 866 g/mol.